The van der Waals surface area contributed by atoms with E-state index in [1.165, 1.54) is 29.7 Å². The van der Waals surface area contributed by atoms with E-state index in [4.69, 9.17) is 5.10 Å². The zero-order chi connectivity index (χ0) is 15.3. The van der Waals surface area contributed by atoms with Gasteiger partial charge in [-0.05, 0) is 43.5 Å². The van der Waals surface area contributed by atoms with Crippen molar-refractivity contribution in [3.05, 3.63) is 35.4 Å². The highest BCUT2D eigenvalue weighted by atomic mass is 16.2. The second kappa shape index (κ2) is 5.20. The molecule has 2 unspecified atom stereocenters. The van der Waals surface area contributed by atoms with E-state index >= 15 is 0 Å². The third-order valence-corrected chi connectivity index (χ3v) is 5.45. The Balaban J connectivity index is 1.77. The molecule has 0 spiro atoms. The predicted octanol–water partition coefficient (Wildman–Crippen LogP) is 2.60. The molecule has 0 aromatic heterocycles. The Hall–Kier alpha value is -1.68. The fraction of sp³-hybridized carbons (Fsp3) is 0.556. The van der Waals surface area contributed by atoms with Crippen molar-refractivity contribution in [2.24, 2.45) is 11.0 Å². The molecule has 0 N–H and O–H groups in total. The topological polar surface area (TPSA) is 35.9 Å². The normalized spacial score (nSPS) is 32.8. The maximum Gasteiger partial charge on any atom is 0.240 e. The largest absolute Gasteiger partial charge is 0.293 e. The van der Waals surface area contributed by atoms with Gasteiger partial charge in [-0.15, -0.1) is 0 Å². The third kappa shape index (κ3) is 2.01. The lowest BCUT2D eigenvalue weighted by Gasteiger charge is -2.46. The summed E-state index contributed by atoms with van der Waals surface area (Å²) in [4.78, 5) is 14.7. The van der Waals surface area contributed by atoms with E-state index in [0.29, 0.717) is 12.0 Å². The lowest BCUT2D eigenvalue weighted by atomic mass is 9.78. The molecule has 22 heavy (non-hydrogen) atoms. The lowest BCUT2D eigenvalue weighted by molar-refractivity contribution is -0.131. The van der Waals surface area contributed by atoms with Gasteiger partial charge in [0.05, 0.1) is 11.8 Å². The number of rotatable bonds is 2. The summed E-state index contributed by atoms with van der Waals surface area (Å²) >= 11 is 0. The van der Waals surface area contributed by atoms with Crippen molar-refractivity contribution in [1.82, 2.24) is 9.91 Å². The van der Waals surface area contributed by atoms with Crippen molar-refractivity contribution in [3.63, 3.8) is 0 Å². The number of fused-ring (bicyclic) bond motifs is 2. The summed E-state index contributed by atoms with van der Waals surface area (Å²) in [5, 5.41) is 6.51. The van der Waals surface area contributed by atoms with Crippen LogP contribution >= 0.6 is 0 Å². The quantitative estimate of drug-likeness (QED) is 0.841. The van der Waals surface area contributed by atoms with Crippen LogP contribution in [0.3, 0.4) is 0 Å². The first-order chi connectivity index (χ1) is 10.7. The maximum absolute atomic E-state index is 12.2. The van der Waals surface area contributed by atoms with E-state index in [1.54, 1.807) is 11.9 Å². The van der Waals surface area contributed by atoms with Gasteiger partial charge in [0.2, 0.25) is 5.91 Å². The molecule has 4 aliphatic heterocycles. The highest BCUT2D eigenvalue weighted by molar-refractivity contribution is 5.97. The van der Waals surface area contributed by atoms with Gasteiger partial charge in [-0.1, -0.05) is 31.2 Å². The predicted molar refractivity (Wildman–Crippen MR) is 86.6 cm³/mol. The fourth-order valence-electron chi connectivity index (χ4n) is 4.31. The van der Waals surface area contributed by atoms with Crippen molar-refractivity contribution >= 4 is 11.6 Å². The number of amides is 1. The van der Waals surface area contributed by atoms with Crippen LogP contribution in [-0.2, 0) is 11.2 Å². The Kier molecular flexibility index (Phi) is 3.30. The minimum Gasteiger partial charge on any atom is -0.293 e. The molecular weight excluding hydrogens is 274 g/mol. The molecule has 116 valence electrons. The molecular formula is C18H23N3O. The summed E-state index contributed by atoms with van der Waals surface area (Å²) in [5.74, 6) is 0.630. The van der Waals surface area contributed by atoms with Crippen LogP contribution < -0.4 is 0 Å². The van der Waals surface area contributed by atoms with Crippen LogP contribution in [0.4, 0.5) is 0 Å². The summed E-state index contributed by atoms with van der Waals surface area (Å²) in [6, 6.07) is 9.03. The molecule has 0 saturated carbocycles. The Labute approximate surface area is 131 Å². The monoisotopic (exact) mass is 297 g/mol. The number of carbonyl (C=O) groups excluding carboxylic acids is 1. The van der Waals surface area contributed by atoms with Gasteiger partial charge in [-0.2, -0.15) is 5.10 Å². The Morgan fingerprint density at radius 1 is 1.27 bits per heavy atom. The van der Waals surface area contributed by atoms with E-state index < -0.39 is 0 Å². The fourth-order valence-corrected chi connectivity index (χ4v) is 4.31. The zero-order valence-electron chi connectivity index (χ0n) is 13.3. The van der Waals surface area contributed by atoms with Crippen molar-refractivity contribution in [1.29, 1.82) is 0 Å². The van der Waals surface area contributed by atoms with Crippen molar-refractivity contribution in [3.8, 4) is 0 Å². The van der Waals surface area contributed by atoms with E-state index in [2.05, 4.69) is 36.1 Å². The van der Waals surface area contributed by atoms with Crippen molar-refractivity contribution in [2.45, 2.75) is 45.2 Å². The molecule has 4 heteroatoms. The number of hydrogen-bond donors (Lipinski definition) is 0. The van der Waals surface area contributed by atoms with Gasteiger partial charge < -0.3 is 0 Å². The zero-order valence-corrected chi connectivity index (χ0v) is 13.3. The van der Waals surface area contributed by atoms with Gasteiger partial charge in [0, 0.05) is 12.8 Å². The van der Waals surface area contributed by atoms with E-state index in [1.807, 2.05) is 0 Å². The van der Waals surface area contributed by atoms with Crippen LogP contribution in [-0.4, -0.2) is 40.7 Å². The highest BCUT2D eigenvalue weighted by Crippen LogP contribution is 2.43. The summed E-state index contributed by atoms with van der Waals surface area (Å²) in [6.45, 7) is 6.09. The molecule has 3 saturated heterocycles. The van der Waals surface area contributed by atoms with Crippen LogP contribution in [0, 0.1) is 5.92 Å². The van der Waals surface area contributed by atoms with E-state index in [-0.39, 0.29) is 11.9 Å². The first-order valence-electron chi connectivity index (χ1n) is 8.40. The number of benzene rings is 1. The number of nitrogens with zero attached hydrogens (tertiary/aromatic N) is 3. The van der Waals surface area contributed by atoms with E-state index in [9.17, 15) is 4.79 Å². The van der Waals surface area contributed by atoms with Gasteiger partial charge in [0.25, 0.3) is 0 Å². The molecule has 1 aromatic carbocycles. The summed E-state index contributed by atoms with van der Waals surface area (Å²) < 4.78 is 0. The minimum absolute atomic E-state index is 0.0504. The van der Waals surface area contributed by atoms with Gasteiger partial charge in [-0.3, -0.25) is 9.69 Å². The Morgan fingerprint density at radius 3 is 2.73 bits per heavy atom. The maximum atomic E-state index is 12.2. The summed E-state index contributed by atoms with van der Waals surface area (Å²) in [6.07, 6.45) is 3.41. The molecule has 0 aliphatic carbocycles. The van der Waals surface area contributed by atoms with Crippen molar-refractivity contribution < 1.29 is 4.79 Å². The Bertz CT molecular complexity index is 631. The average molecular weight is 297 g/mol. The van der Waals surface area contributed by atoms with Gasteiger partial charge in [0.15, 0.2) is 0 Å². The molecule has 4 aliphatic rings. The minimum atomic E-state index is 0.0504. The molecule has 4 heterocycles. The second-order valence-electron chi connectivity index (χ2n) is 6.69. The van der Waals surface area contributed by atoms with E-state index in [0.717, 1.165) is 19.5 Å². The first kappa shape index (κ1) is 13.9. The second-order valence-corrected chi connectivity index (χ2v) is 6.69. The number of hydrazone groups is 1. The molecule has 1 aromatic rings. The Morgan fingerprint density at radius 2 is 2.05 bits per heavy atom. The molecule has 1 amide bonds. The average Bonchev–Trinajstić information content (AvgIpc) is 2.99. The summed E-state index contributed by atoms with van der Waals surface area (Å²) in [7, 11) is 0. The first-order valence-corrected chi connectivity index (χ1v) is 8.40. The number of piperidine rings is 3. The van der Waals surface area contributed by atoms with Gasteiger partial charge >= 0.3 is 0 Å². The van der Waals surface area contributed by atoms with Gasteiger partial charge in [0.1, 0.15) is 6.04 Å². The smallest absolute Gasteiger partial charge is 0.240 e. The lowest BCUT2D eigenvalue weighted by Crippen LogP contribution is -2.56. The SMILES string of the molecule is CCc1cccc(C2C3C(=NN2C(C)=O)C2CCN3CC2)c1. The van der Waals surface area contributed by atoms with Crippen LogP contribution in [0.5, 0.6) is 0 Å². The van der Waals surface area contributed by atoms with Crippen LogP contribution in [0.1, 0.15) is 43.9 Å². The molecule has 2 atom stereocenters. The van der Waals surface area contributed by atoms with Crippen LogP contribution in [0.15, 0.2) is 29.4 Å². The number of aryl methyl sites for hydroxylation is 1. The number of carbonyl (C=O) groups is 1. The molecule has 0 radical (unpaired) electrons. The van der Waals surface area contributed by atoms with Gasteiger partial charge in [-0.25, -0.2) is 5.01 Å². The van der Waals surface area contributed by atoms with Crippen LogP contribution in [0.25, 0.3) is 0 Å². The highest BCUT2D eigenvalue weighted by Gasteiger charge is 2.50. The number of hydrogen-bond acceptors (Lipinski definition) is 3. The molecule has 2 bridgehead atoms. The van der Waals surface area contributed by atoms with Crippen LogP contribution in [0.2, 0.25) is 0 Å². The molecule has 3 fully saturated rings. The van der Waals surface area contributed by atoms with Crippen molar-refractivity contribution in [2.75, 3.05) is 13.1 Å². The third-order valence-electron chi connectivity index (χ3n) is 5.45. The molecule has 4 nitrogen and oxygen atoms in total. The summed E-state index contributed by atoms with van der Waals surface area (Å²) in [5.41, 5.74) is 3.80. The molecule has 5 rings (SSSR count). The standard InChI is InChI=1S/C18H23N3O/c1-3-13-5-4-6-15(11-13)17-18-16(19-21(17)12(2)22)14-7-9-20(18)10-8-14/h4-6,11,14,17-18H,3,7-10H2,1-2H3.